The third-order valence-corrected chi connectivity index (χ3v) is 10.9. The summed E-state index contributed by atoms with van der Waals surface area (Å²) in [7, 11) is 1.52. The van der Waals surface area contributed by atoms with Crippen LogP contribution in [0.5, 0.6) is 23.0 Å². The summed E-state index contributed by atoms with van der Waals surface area (Å²) in [4.78, 5) is 31.2. The van der Waals surface area contributed by atoms with Gasteiger partial charge in [0.2, 0.25) is 0 Å². The fraction of sp³-hybridized carbons (Fsp3) is 0.395. The molecule has 2 heterocycles. The number of aromatic amines is 1. The first kappa shape index (κ1) is 36.1. The molecule has 0 saturated heterocycles. The Morgan fingerprint density at radius 3 is 2.60 bits per heavy atom. The first-order valence-electron chi connectivity index (χ1n) is 18.4. The number of phenolic OH excluding ortho intramolecular Hbond substituents is 2. The topological polar surface area (TPSA) is 159 Å². The molecule has 4 aromatic rings. The van der Waals surface area contributed by atoms with Gasteiger partial charge in [-0.2, -0.15) is 0 Å². The molecule has 3 aromatic carbocycles. The predicted molar refractivity (Wildman–Crippen MR) is 199 cm³/mol. The number of aromatic nitrogens is 1. The predicted octanol–water partition coefficient (Wildman–Crippen LogP) is 6.11. The van der Waals surface area contributed by atoms with Crippen molar-refractivity contribution in [2.24, 2.45) is 11.8 Å². The van der Waals surface area contributed by atoms with Crippen molar-refractivity contribution in [1.82, 2.24) is 4.98 Å². The lowest BCUT2D eigenvalue weighted by Crippen LogP contribution is -2.36. The van der Waals surface area contributed by atoms with Crippen LogP contribution in [0.2, 0.25) is 0 Å². The number of allylic oxidation sites excluding steroid dienone is 1. The van der Waals surface area contributed by atoms with E-state index in [-0.39, 0.29) is 79.7 Å². The van der Waals surface area contributed by atoms with E-state index in [0.717, 1.165) is 64.5 Å². The minimum atomic E-state index is -1.26. The summed E-state index contributed by atoms with van der Waals surface area (Å²) in [5, 5.41) is 43.1. The van der Waals surface area contributed by atoms with Crippen LogP contribution in [0.3, 0.4) is 0 Å². The number of phenols is 2. The van der Waals surface area contributed by atoms with E-state index in [1.54, 1.807) is 18.2 Å². The maximum absolute atomic E-state index is 14.3. The average molecular weight is 720 g/mol. The first-order chi connectivity index (χ1) is 25.7. The highest BCUT2D eigenvalue weighted by Crippen LogP contribution is 2.51. The summed E-state index contributed by atoms with van der Waals surface area (Å²) in [6, 6.07) is 16.3. The number of nitrogens with one attached hydrogen (secondary N) is 1. The second-order valence-corrected chi connectivity index (χ2v) is 14.3. The Labute approximate surface area is 308 Å². The molecule has 5 atom stereocenters. The number of aliphatic hydroxyl groups excluding tert-OH is 2. The Kier molecular flexibility index (Phi) is 10.8. The number of H-pyrrole nitrogens is 1. The second-order valence-electron chi connectivity index (χ2n) is 14.3. The van der Waals surface area contributed by atoms with Gasteiger partial charge >= 0.3 is 5.97 Å². The molecule has 1 aliphatic heterocycles. The molecule has 5 N–H and O–H groups in total. The van der Waals surface area contributed by atoms with Crippen LogP contribution in [-0.2, 0) is 27.2 Å². The van der Waals surface area contributed by atoms with E-state index in [1.165, 1.54) is 13.2 Å². The third-order valence-electron chi connectivity index (χ3n) is 10.9. The molecule has 276 valence electrons. The van der Waals surface area contributed by atoms with Gasteiger partial charge in [0.1, 0.15) is 24.9 Å². The highest BCUT2D eigenvalue weighted by molar-refractivity contribution is 5.94. The molecule has 0 spiro atoms. The van der Waals surface area contributed by atoms with E-state index < -0.39 is 18.2 Å². The standard InChI is InChI=1S/C43H45NO9/c1-51-39-24-33-31-21-27(46)22-41(37(48)18-25-14-15-36(47)40(19-25)52-17-16-45)53-42(50)13-7-5-11-30-29-10-4-6-12-35(29)44-43(30)34(32(33)23-38(39)49)20-26-8-2-3-9-28(26)31/h4,6,10,12,14-15,19-20,23-24,26,28,31,37,41,44-45,47-49H,2-3,8-9,11,13,16-18,21-22H2,1H3/t26-,28-,31+,37-,41+/m1/s1. The molecule has 2 bridgehead atoms. The Bertz CT molecular complexity index is 2100. The minimum Gasteiger partial charge on any atom is -0.504 e. The van der Waals surface area contributed by atoms with Crippen molar-refractivity contribution < 1.29 is 44.2 Å². The summed E-state index contributed by atoms with van der Waals surface area (Å²) in [6.45, 7) is -0.262. The summed E-state index contributed by atoms with van der Waals surface area (Å²) in [6.07, 6.45) is 3.96. The number of Topliss-reactive ketones (excluding diaryl/α,β-unsaturated/α-hetero) is 1. The molecule has 0 unspecified atom stereocenters. The zero-order valence-electron chi connectivity index (χ0n) is 29.8. The number of ketones is 1. The van der Waals surface area contributed by atoms with Crippen molar-refractivity contribution in [1.29, 1.82) is 0 Å². The van der Waals surface area contributed by atoms with E-state index in [2.05, 4.69) is 29.0 Å². The number of aliphatic hydroxyl groups is 2. The number of hydrogen-bond acceptors (Lipinski definition) is 9. The molecule has 53 heavy (non-hydrogen) atoms. The van der Waals surface area contributed by atoms with Crippen LogP contribution in [-0.4, -0.2) is 69.7 Å². The fourth-order valence-corrected chi connectivity index (χ4v) is 8.44. The molecule has 1 aromatic heterocycles. The molecule has 1 fully saturated rings. The van der Waals surface area contributed by atoms with Gasteiger partial charge in [-0.25, -0.2) is 0 Å². The number of esters is 1. The van der Waals surface area contributed by atoms with Gasteiger partial charge in [-0.1, -0.05) is 55.0 Å². The first-order valence-corrected chi connectivity index (χ1v) is 18.4. The summed E-state index contributed by atoms with van der Waals surface area (Å²) < 4.78 is 16.9. The fourth-order valence-electron chi connectivity index (χ4n) is 8.44. The van der Waals surface area contributed by atoms with Crippen molar-refractivity contribution in [3.05, 3.63) is 88.6 Å². The number of hydrogen-bond donors (Lipinski definition) is 5. The molecule has 1 saturated carbocycles. The summed E-state index contributed by atoms with van der Waals surface area (Å²) in [5.41, 5.74) is 6.11. The largest absolute Gasteiger partial charge is 0.504 e. The van der Waals surface area contributed by atoms with E-state index in [1.807, 2.05) is 24.3 Å². The van der Waals surface area contributed by atoms with Gasteiger partial charge in [0, 0.05) is 42.2 Å². The van der Waals surface area contributed by atoms with Gasteiger partial charge < -0.3 is 39.6 Å². The number of ether oxygens (including phenoxy) is 3. The molecular weight excluding hydrogens is 674 g/mol. The van der Waals surface area contributed by atoms with Crippen molar-refractivity contribution >= 4 is 28.2 Å². The molecule has 7 rings (SSSR count). The van der Waals surface area contributed by atoms with Crippen LogP contribution in [0.4, 0.5) is 0 Å². The summed E-state index contributed by atoms with van der Waals surface area (Å²) in [5.74, 6) is 5.75. The van der Waals surface area contributed by atoms with Crippen LogP contribution in [0.15, 0.2) is 60.7 Å². The average Bonchev–Trinajstić information content (AvgIpc) is 3.46. The SMILES string of the molecule is COc1cc2c(cc1O)C1=C[C@H]3CCCC[C@H]3[C@@H]2CC(=O)C[C@@H]([C@H](O)Cc2ccc(O)c(OCCO)c2)OC(=O)CC#CCc2c1[nH]c1ccccc21. The van der Waals surface area contributed by atoms with Crippen LogP contribution in [0.25, 0.3) is 16.5 Å². The summed E-state index contributed by atoms with van der Waals surface area (Å²) >= 11 is 0. The number of carbonyl (C=O) groups excluding carboxylic acids is 2. The van der Waals surface area contributed by atoms with E-state index in [9.17, 15) is 30.0 Å². The zero-order valence-corrected chi connectivity index (χ0v) is 29.8. The lowest BCUT2D eigenvalue weighted by atomic mass is 9.69. The Balaban J connectivity index is 1.32. The number of fused-ring (bicyclic) bond motifs is 6. The normalized spacial score (nSPS) is 22.3. The number of carbonyl (C=O) groups is 2. The van der Waals surface area contributed by atoms with Gasteiger partial charge in [-0.05, 0) is 83.2 Å². The van der Waals surface area contributed by atoms with Gasteiger partial charge in [0.25, 0.3) is 0 Å². The highest BCUT2D eigenvalue weighted by Gasteiger charge is 2.39. The van der Waals surface area contributed by atoms with Crippen LogP contribution < -0.4 is 9.47 Å². The number of benzene rings is 3. The smallest absolute Gasteiger partial charge is 0.318 e. The number of cyclic esters (lactones) is 1. The maximum atomic E-state index is 14.3. The Morgan fingerprint density at radius 2 is 1.77 bits per heavy atom. The van der Waals surface area contributed by atoms with Gasteiger partial charge in [0.15, 0.2) is 23.0 Å². The molecule has 0 amide bonds. The molecule has 10 heteroatoms. The minimum absolute atomic E-state index is 0.00760. The van der Waals surface area contributed by atoms with Crippen LogP contribution in [0.1, 0.15) is 78.8 Å². The lowest BCUT2D eigenvalue weighted by molar-refractivity contribution is -0.155. The Hall–Kier alpha value is -5.24. The van der Waals surface area contributed by atoms with Crippen molar-refractivity contribution in [2.45, 2.75) is 75.9 Å². The zero-order chi connectivity index (χ0) is 37.1. The number of para-hydroxylation sites is 1. The quantitative estimate of drug-likeness (QED) is 0.112. The molecule has 0 radical (unpaired) electrons. The maximum Gasteiger partial charge on any atom is 0.318 e. The van der Waals surface area contributed by atoms with E-state index in [0.29, 0.717) is 17.7 Å². The molecule has 2 aliphatic carbocycles. The second kappa shape index (κ2) is 15.8. The third kappa shape index (κ3) is 7.64. The van der Waals surface area contributed by atoms with Crippen LogP contribution in [0, 0.1) is 23.7 Å². The number of rotatable bonds is 7. The molecule has 3 aliphatic rings. The van der Waals surface area contributed by atoms with Gasteiger partial charge in [-0.3, -0.25) is 9.59 Å². The number of methoxy groups -OCH3 is 1. The van der Waals surface area contributed by atoms with Crippen molar-refractivity contribution in [3.63, 3.8) is 0 Å². The lowest BCUT2D eigenvalue weighted by Gasteiger charge is -2.35. The molecular formula is C43H45NO9. The molecule has 10 nitrogen and oxygen atoms in total. The van der Waals surface area contributed by atoms with E-state index >= 15 is 0 Å². The van der Waals surface area contributed by atoms with E-state index in [4.69, 9.17) is 14.2 Å². The number of aromatic hydroxyl groups is 2. The Morgan fingerprint density at radius 1 is 0.962 bits per heavy atom. The van der Waals surface area contributed by atoms with Gasteiger partial charge in [-0.15, -0.1) is 0 Å². The van der Waals surface area contributed by atoms with Crippen molar-refractivity contribution in [2.75, 3.05) is 20.3 Å². The highest BCUT2D eigenvalue weighted by atomic mass is 16.6. The van der Waals surface area contributed by atoms with Crippen LogP contribution >= 0.6 is 0 Å². The van der Waals surface area contributed by atoms with Gasteiger partial charge in [0.05, 0.1) is 25.5 Å². The van der Waals surface area contributed by atoms with Crippen molar-refractivity contribution in [3.8, 4) is 34.8 Å². The monoisotopic (exact) mass is 719 g/mol.